The molecule has 0 bridgehead atoms. The summed E-state index contributed by atoms with van der Waals surface area (Å²) in [6.45, 7) is 0.735. The van der Waals surface area contributed by atoms with Crippen molar-refractivity contribution in [2.24, 2.45) is 5.41 Å². The maximum Gasteiger partial charge on any atom is 0.434 e. The summed E-state index contributed by atoms with van der Waals surface area (Å²) in [4.78, 5) is 27.4. The zero-order chi connectivity index (χ0) is 30.4. The second-order valence-corrected chi connectivity index (χ2v) is 10.5. The SMILES string of the molecule is O=C(O)C1CN(c2cc(CN3CC4(CCN(C(=O)OC(C(F)(F)F)C(F)(F)F)CC4)C3)cc(C(F)(F)F)c2)CCO1. The molecule has 3 fully saturated rings. The van der Waals surface area contributed by atoms with E-state index in [1.807, 2.05) is 4.90 Å². The molecule has 3 saturated heterocycles. The molecule has 3 aliphatic rings. The van der Waals surface area contributed by atoms with Gasteiger partial charge in [-0.15, -0.1) is 0 Å². The number of likely N-dealkylation sites (tertiary alicyclic amines) is 2. The van der Waals surface area contributed by atoms with E-state index in [0.717, 1.165) is 17.0 Å². The second-order valence-electron chi connectivity index (χ2n) is 10.5. The highest BCUT2D eigenvalue weighted by molar-refractivity contribution is 5.73. The number of hydrogen-bond acceptors (Lipinski definition) is 6. The minimum atomic E-state index is -5.82. The molecule has 1 atom stereocenters. The number of piperidine rings is 1. The maximum atomic E-state index is 13.6. The topological polar surface area (TPSA) is 82.6 Å². The van der Waals surface area contributed by atoms with Crippen molar-refractivity contribution in [3.8, 4) is 0 Å². The van der Waals surface area contributed by atoms with Crippen molar-refractivity contribution in [1.29, 1.82) is 0 Å². The fraction of sp³-hybridized carbons (Fsp3) is 0.667. The molecule has 1 spiro atoms. The average Bonchev–Trinajstić information content (AvgIpc) is 2.84. The van der Waals surface area contributed by atoms with E-state index in [1.165, 1.54) is 4.90 Å². The molecule has 1 unspecified atom stereocenters. The van der Waals surface area contributed by atoms with Crippen LogP contribution in [0.15, 0.2) is 18.2 Å². The van der Waals surface area contributed by atoms with Gasteiger partial charge in [-0.2, -0.15) is 39.5 Å². The lowest BCUT2D eigenvalue weighted by Crippen LogP contribution is -2.60. The molecule has 41 heavy (non-hydrogen) atoms. The number of morpholine rings is 1. The quantitative estimate of drug-likeness (QED) is 0.493. The molecular weight excluding hydrogens is 581 g/mol. The van der Waals surface area contributed by atoms with Crippen LogP contribution < -0.4 is 4.90 Å². The summed E-state index contributed by atoms with van der Waals surface area (Å²) in [6, 6.07) is 3.49. The van der Waals surface area contributed by atoms with Gasteiger partial charge < -0.3 is 24.4 Å². The average molecular weight is 607 g/mol. The Morgan fingerprint density at radius 2 is 1.59 bits per heavy atom. The van der Waals surface area contributed by atoms with Gasteiger partial charge >= 0.3 is 30.6 Å². The highest BCUT2D eigenvalue weighted by Gasteiger charge is 2.60. The van der Waals surface area contributed by atoms with Crippen molar-refractivity contribution >= 4 is 17.7 Å². The Bertz CT molecular complexity index is 1110. The van der Waals surface area contributed by atoms with Crippen LogP contribution in [-0.4, -0.2) is 97.4 Å². The number of hydrogen-bond donors (Lipinski definition) is 1. The molecule has 0 aliphatic carbocycles. The Hall–Kier alpha value is -2.95. The number of anilines is 1. The summed E-state index contributed by atoms with van der Waals surface area (Å²) >= 11 is 0. The number of amides is 1. The number of alkyl halides is 9. The van der Waals surface area contributed by atoms with Crippen molar-refractivity contribution in [3.05, 3.63) is 29.3 Å². The van der Waals surface area contributed by atoms with E-state index in [4.69, 9.17) is 4.74 Å². The van der Waals surface area contributed by atoms with Crippen LogP contribution >= 0.6 is 0 Å². The maximum absolute atomic E-state index is 13.6. The predicted molar refractivity (Wildman–Crippen MR) is 122 cm³/mol. The van der Waals surface area contributed by atoms with Gasteiger partial charge in [0.1, 0.15) is 0 Å². The van der Waals surface area contributed by atoms with Gasteiger partial charge in [0.25, 0.3) is 6.10 Å². The number of aliphatic carboxylic acids is 1. The molecule has 17 heteroatoms. The molecular formula is C24H26F9N3O5. The van der Waals surface area contributed by atoms with Crippen LogP contribution in [0.25, 0.3) is 0 Å². The first-order valence-corrected chi connectivity index (χ1v) is 12.5. The number of benzene rings is 1. The van der Waals surface area contributed by atoms with E-state index < -0.39 is 53.8 Å². The van der Waals surface area contributed by atoms with Crippen molar-refractivity contribution < 1.29 is 63.7 Å². The first-order chi connectivity index (χ1) is 18.9. The number of nitrogens with zero attached hydrogens (tertiary/aromatic N) is 3. The first-order valence-electron chi connectivity index (χ1n) is 12.5. The molecule has 0 aromatic heterocycles. The van der Waals surface area contributed by atoms with Crippen molar-refractivity contribution in [1.82, 2.24) is 9.80 Å². The lowest BCUT2D eigenvalue weighted by molar-refractivity contribution is -0.308. The van der Waals surface area contributed by atoms with E-state index in [1.54, 1.807) is 6.07 Å². The molecule has 4 rings (SSSR count). The highest BCUT2D eigenvalue weighted by atomic mass is 19.4. The van der Waals surface area contributed by atoms with Crippen LogP contribution in [0.5, 0.6) is 0 Å². The lowest BCUT2D eigenvalue weighted by atomic mass is 9.72. The van der Waals surface area contributed by atoms with E-state index in [2.05, 4.69) is 4.74 Å². The van der Waals surface area contributed by atoms with Crippen molar-refractivity contribution in [2.75, 3.05) is 50.8 Å². The molecule has 3 aliphatic heterocycles. The predicted octanol–water partition coefficient (Wildman–Crippen LogP) is 4.52. The third-order valence-electron chi connectivity index (χ3n) is 7.43. The minimum absolute atomic E-state index is 0.0226. The van der Waals surface area contributed by atoms with Gasteiger partial charge in [-0.05, 0) is 42.0 Å². The number of ether oxygens (including phenoxy) is 2. The summed E-state index contributed by atoms with van der Waals surface area (Å²) in [5.74, 6) is -1.23. The van der Waals surface area contributed by atoms with Gasteiger partial charge in [0.05, 0.1) is 18.7 Å². The van der Waals surface area contributed by atoms with Crippen LogP contribution in [0.4, 0.5) is 50.0 Å². The smallest absolute Gasteiger partial charge is 0.434 e. The van der Waals surface area contributed by atoms with Gasteiger partial charge in [0, 0.05) is 45.0 Å². The van der Waals surface area contributed by atoms with Crippen LogP contribution in [0.2, 0.25) is 0 Å². The molecule has 1 amide bonds. The fourth-order valence-electron chi connectivity index (χ4n) is 5.39. The van der Waals surface area contributed by atoms with Crippen LogP contribution in [0, 0.1) is 5.41 Å². The largest absolute Gasteiger partial charge is 0.479 e. The number of carboxylic acid groups (broad SMARTS) is 1. The standard InChI is InChI=1S/C24H26F9N3O5/c25-22(26,27)15-7-14(8-16(9-15)36-5-6-40-17(11-36)18(37)38)10-34-12-21(13-34)1-3-35(4-2-21)20(39)41-19(23(28,29)30)24(31,32)33/h7-9,17,19H,1-6,10-13H2,(H,37,38). The molecule has 3 heterocycles. The number of rotatable bonds is 5. The molecule has 8 nitrogen and oxygen atoms in total. The zero-order valence-corrected chi connectivity index (χ0v) is 21.3. The Labute approximate surface area is 227 Å². The normalized spacial score (nSPS) is 22.1. The summed E-state index contributed by atoms with van der Waals surface area (Å²) in [5, 5.41) is 9.21. The third-order valence-corrected chi connectivity index (χ3v) is 7.43. The van der Waals surface area contributed by atoms with Crippen LogP contribution in [0.1, 0.15) is 24.0 Å². The van der Waals surface area contributed by atoms with E-state index in [0.29, 0.717) is 18.7 Å². The molecule has 0 radical (unpaired) electrons. The van der Waals surface area contributed by atoms with E-state index in [9.17, 15) is 54.2 Å². The van der Waals surface area contributed by atoms with Gasteiger partial charge in [-0.3, -0.25) is 4.90 Å². The number of halogens is 9. The van der Waals surface area contributed by atoms with Gasteiger partial charge in [0.2, 0.25) is 0 Å². The molecule has 0 saturated carbocycles. The van der Waals surface area contributed by atoms with Gasteiger partial charge in [0.15, 0.2) is 6.10 Å². The summed E-state index contributed by atoms with van der Waals surface area (Å²) in [7, 11) is 0. The number of carbonyl (C=O) groups is 2. The molecule has 1 aromatic rings. The Morgan fingerprint density at radius 3 is 2.12 bits per heavy atom. The zero-order valence-electron chi connectivity index (χ0n) is 21.3. The molecule has 230 valence electrons. The number of carbonyl (C=O) groups excluding carboxylic acids is 1. The minimum Gasteiger partial charge on any atom is -0.479 e. The molecule has 1 N–H and O–H groups in total. The van der Waals surface area contributed by atoms with Gasteiger partial charge in [-0.25, -0.2) is 9.59 Å². The first kappa shape index (κ1) is 31.0. The van der Waals surface area contributed by atoms with Crippen LogP contribution in [-0.2, 0) is 27.0 Å². The van der Waals surface area contributed by atoms with E-state index in [-0.39, 0.29) is 57.9 Å². The van der Waals surface area contributed by atoms with Crippen molar-refractivity contribution in [2.45, 2.75) is 50.1 Å². The summed E-state index contributed by atoms with van der Waals surface area (Å²) in [6.07, 6.45) is -22.9. The molecule has 1 aromatic carbocycles. The monoisotopic (exact) mass is 607 g/mol. The van der Waals surface area contributed by atoms with Crippen LogP contribution in [0.3, 0.4) is 0 Å². The second kappa shape index (κ2) is 11.0. The third kappa shape index (κ3) is 7.28. The van der Waals surface area contributed by atoms with Gasteiger partial charge in [-0.1, -0.05) is 0 Å². The van der Waals surface area contributed by atoms with Crippen molar-refractivity contribution in [3.63, 3.8) is 0 Å². The summed E-state index contributed by atoms with van der Waals surface area (Å²) in [5.41, 5.74) is -0.772. The highest BCUT2D eigenvalue weighted by Crippen LogP contribution is 2.43. The fourth-order valence-corrected chi connectivity index (χ4v) is 5.39. The summed E-state index contributed by atoms with van der Waals surface area (Å²) < 4.78 is 126. The Kier molecular flexibility index (Phi) is 8.34. The Morgan fingerprint density at radius 1 is 0.976 bits per heavy atom. The Balaban J connectivity index is 1.36. The lowest BCUT2D eigenvalue weighted by Gasteiger charge is -2.54. The van der Waals surface area contributed by atoms with E-state index >= 15 is 0 Å². The number of carboxylic acids is 1.